The van der Waals surface area contributed by atoms with Gasteiger partial charge in [0.25, 0.3) is 0 Å². The summed E-state index contributed by atoms with van der Waals surface area (Å²) in [6.45, 7) is 1.12. The van der Waals surface area contributed by atoms with Crippen LogP contribution in [0.1, 0.15) is 12.0 Å². The molecule has 0 spiro atoms. The van der Waals surface area contributed by atoms with Gasteiger partial charge in [-0.2, -0.15) is 0 Å². The lowest BCUT2D eigenvalue weighted by atomic mass is 9.95. The van der Waals surface area contributed by atoms with Crippen LogP contribution in [-0.2, 0) is 6.42 Å². The first-order chi connectivity index (χ1) is 6.70. The van der Waals surface area contributed by atoms with E-state index in [2.05, 4.69) is 5.32 Å². The molecule has 1 aliphatic rings. The molecule has 1 fully saturated rings. The number of halogens is 1. The van der Waals surface area contributed by atoms with Crippen LogP contribution in [0, 0.1) is 0 Å². The van der Waals surface area contributed by atoms with Gasteiger partial charge in [-0.3, -0.25) is 0 Å². The molecule has 0 aliphatic carbocycles. The number of phenolic OH excluding ortho intramolecular Hbond substituents is 1. The van der Waals surface area contributed by atoms with E-state index in [9.17, 15) is 9.50 Å². The molecule has 0 aromatic heterocycles. The molecule has 1 aliphatic heterocycles. The number of alkyl halides is 1. The van der Waals surface area contributed by atoms with Crippen molar-refractivity contribution in [3.05, 3.63) is 29.8 Å². The molecule has 14 heavy (non-hydrogen) atoms. The molecule has 1 heterocycles. The number of para-hydroxylation sites is 1. The molecule has 1 aromatic carbocycles. The van der Waals surface area contributed by atoms with Crippen LogP contribution in [0.25, 0.3) is 0 Å². The molecule has 1 saturated heterocycles. The SMILES string of the molecule is Oc1ccccc1CC1(F)CCNC1. The van der Waals surface area contributed by atoms with E-state index in [0.717, 1.165) is 6.54 Å². The Morgan fingerprint density at radius 1 is 1.43 bits per heavy atom. The number of hydrogen-bond acceptors (Lipinski definition) is 2. The zero-order valence-corrected chi connectivity index (χ0v) is 7.96. The second-order valence-electron chi connectivity index (χ2n) is 3.88. The van der Waals surface area contributed by atoms with Gasteiger partial charge in [0.1, 0.15) is 11.4 Å². The van der Waals surface area contributed by atoms with Crippen molar-refractivity contribution in [3.63, 3.8) is 0 Å². The average Bonchev–Trinajstić information content (AvgIpc) is 2.57. The van der Waals surface area contributed by atoms with Crippen LogP contribution in [0.5, 0.6) is 5.75 Å². The van der Waals surface area contributed by atoms with Crippen LogP contribution in [0.15, 0.2) is 24.3 Å². The standard InChI is InChI=1S/C11H14FNO/c12-11(5-6-13-8-11)7-9-3-1-2-4-10(9)14/h1-4,13-14H,5-8H2. The molecule has 2 N–H and O–H groups in total. The lowest BCUT2D eigenvalue weighted by molar-refractivity contribution is 0.189. The maximum absolute atomic E-state index is 14.0. The fourth-order valence-electron chi connectivity index (χ4n) is 1.87. The summed E-state index contributed by atoms with van der Waals surface area (Å²) >= 11 is 0. The second kappa shape index (κ2) is 3.58. The Bertz CT molecular complexity index is 321. The molecule has 0 radical (unpaired) electrons. The Kier molecular flexibility index (Phi) is 2.42. The van der Waals surface area contributed by atoms with E-state index in [1.54, 1.807) is 18.2 Å². The highest BCUT2D eigenvalue weighted by Crippen LogP contribution is 2.28. The summed E-state index contributed by atoms with van der Waals surface area (Å²) in [7, 11) is 0. The average molecular weight is 195 g/mol. The minimum absolute atomic E-state index is 0.191. The van der Waals surface area contributed by atoms with Gasteiger partial charge in [0.2, 0.25) is 0 Å². The lowest BCUT2D eigenvalue weighted by Crippen LogP contribution is -2.28. The van der Waals surface area contributed by atoms with E-state index in [-0.39, 0.29) is 5.75 Å². The fraction of sp³-hybridized carbons (Fsp3) is 0.455. The van der Waals surface area contributed by atoms with Gasteiger partial charge in [0.15, 0.2) is 0 Å². The predicted octanol–water partition coefficient (Wildman–Crippen LogP) is 1.64. The van der Waals surface area contributed by atoms with Crippen LogP contribution in [0.3, 0.4) is 0 Å². The molecule has 76 valence electrons. The smallest absolute Gasteiger partial charge is 0.128 e. The van der Waals surface area contributed by atoms with E-state index >= 15 is 0 Å². The van der Waals surface area contributed by atoms with Crippen molar-refractivity contribution in [3.8, 4) is 5.75 Å². The minimum atomic E-state index is -1.18. The summed E-state index contributed by atoms with van der Waals surface area (Å²) in [4.78, 5) is 0. The van der Waals surface area contributed by atoms with Gasteiger partial charge in [0.05, 0.1) is 0 Å². The highest BCUT2D eigenvalue weighted by Gasteiger charge is 2.34. The molecule has 0 saturated carbocycles. The third-order valence-corrected chi connectivity index (χ3v) is 2.69. The zero-order valence-electron chi connectivity index (χ0n) is 7.96. The molecule has 1 unspecified atom stereocenters. The van der Waals surface area contributed by atoms with Crippen LogP contribution in [0.4, 0.5) is 4.39 Å². The van der Waals surface area contributed by atoms with E-state index in [1.165, 1.54) is 0 Å². The van der Waals surface area contributed by atoms with Crippen molar-refractivity contribution in [2.75, 3.05) is 13.1 Å². The highest BCUT2D eigenvalue weighted by molar-refractivity contribution is 5.33. The molecule has 1 atom stereocenters. The van der Waals surface area contributed by atoms with E-state index < -0.39 is 5.67 Å². The summed E-state index contributed by atoms with van der Waals surface area (Å²) in [6, 6.07) is 6.94. The molecule has 0 bridgehead atoms. The summed E-state index contributed by atoms with van der Waals surface area (Å²) in [5.74, 6) is 0.191. The topological polar surface area (TPSA) is 32.3 Å². The number of nitrogens with one attached hydrogen (secondary N) is 1. The summed E-state index contributed by atoms with van der Waals surface area (Å²) in [6.07, 6.45) is 0.827. The Labute approximate surface area is 82.8 Å². The van der Waals surface area contributed by atoms with Crippen molar-refractivity contribution in [1.29, 1.82) is 0 Å². The maximum Gasteiger partial charge on any atom is 0.128 e. The largest absolute Gasteiger partial charge is 0.508 e. The number of aromatic hydroxyl groups is 1. The fourth-order valence-corrected chi connectivity index (χ4v) is 1.87. The number of rotatable bonds is 2. The minimum Gasteiger partial charge on any atom is -0.508 e. The first-order valence-electron chi connectivity index (χ1n) is 4.86. The Hall–Kier alpha value is -1.09. The van der Waals surface area contributed by atoms with E-state index in [4.69, 9.17) is 0 Å². The second-order valence-corrected chi connectivity index (χ2v) is 3.88. The van der Waals surface area contributed by atoms with Crippen molar-refractivity contribution >= 4 is 0 Å². The van der Waals surface area contributed by atoms with Crippen molar-refractivity contribution < 1.29 is 9.50 Å². The van der Waals surface area contributed by atoms with Crippen molar-refractivity contribution in [2.24, 2.45) is 0 Å². The first kappa shape index (κ1) is 9.46. The molecular formula is C11H14FNO. The monoisotopic (exact) mass is 195 g/mol. The molecular weight excluding hydrogens is 181 g/mol. The van der Waals surface area contributed by atoms with Gasteiger partial charge in [0, 0.05) is 13.0 Å². The van der Waals surface area contributed by atoms with Gasteiger partial charge in [-0.15, -0.1) is 0 Å². The van der Waals surface area contributed by atoms with Gasteiger partial charge >= 0.3 is 0 Å². The van der Waals surface area contributed by atoms with Gasteiger partial charge in [-0.25, -0.2) is 4.39 Å². The molecule has 1 aromatic rings. The molecule has 3 heteroatoms. The molecule has 2 rings (SSSR count). The number of hydrogen-bond donors (Lipinski definition) is 2. The summed E-state index contributed by atoms with van der Waals surface area (Å²) < 4.78 is 14.0. The molecule has 2 nitrogen and oxygen atoms in total. The van der Waals surface area contributed by atoms with Gasteiger partial charge < -0.3 is 10.4 Å². The maximum atomic E-state index is 14.0. The van der Waals surface area contributed by atoms with Gasteiger partial charge in [-0.05, 0) is 24.6 Å². The lowest BCUT2D eigenvalue weighted by Gasteiger charge is -2.18. The predicted molar refractivity (Wildman–Crippen MR) is 53.1 cm³/mol. The third kappa shape index (κ3) is 1.87. The van der Waals surface area contributed by atoms with Crippen LogP contribution >= 0.6 is 0 Å². The van der Waals surface area contributed by atoms with Gasteiger partial charge in [-0.1, -0.05) is 18.2 Å². The van der Waals surface area contributed by atoms with Crippen LogP contribution in [-0.4, -0.2) is 23.9 Å². The van der Waals surface area contributed by atoms with Crippen LogP contribution < -0.4 is 5.32 Å². The molecule has 0 amide bonds. The summed E-state index contributed by atoms with van der Waals surface area (Å²) in [5.41, 5.74) is -0.488. The van der Waals surface area contributed by atoms with Crippen molar-refractivity contribution in [2.45, 2.75) is 18.5 Å². The zero-order chi connectivity index (χ0) is 10.0. The normalized spacial score (nSPS) is 26.6. The number of phenols is 1. The van der Waals surface area contributed by atoms with E-state index in [1.807, 2.05) is 6.07 Å². The third-order valence-electron chi connectivity index (χ3n) is 2.69. The Morgan fingerprint density at radius 2 is 2.21 bits per heavy atom. The van der Waals surface area contributed by atoms with Crippen molar-refractivity contribution in [1.82, 2.24) is 5.32 Å². The quantitative estimate of drug-likeness (QED) is 0.751. The number of benzene rings is 1. The Morgan fingerprint density at radius 3 is 2.86 bits per heavy atom. The highest BCUT2D eigenvalue weighted by atomic mass is 19.1. The first-order valence-corrected chi connectivity index (χ1v) is 4.86. The van der Waals surface area contributed by atoms with Crippen LogP contribution in [0.2, 0.25) is 0 Å². The summed E-state index contributed by atoms with van der Waals surface area (Å²) in [5, 5.41) is 12.5. The Balaban J connectivity index is 2.14. The van der Waals surface area contributed by atoms with E-state index in [0.29, 0.717) is 24.9 Å².